The van der Waals surface area contributed by atoms with Crippen LogP contribution in [0, 0.1) is 12.7 Å². The van der Waals surface area contributed by atoms with Crippen molar-refractivity contribution in [2.75, 3.05) is 6.54 Å². The predicted octanol–water partition coefficient (Wildman–Crippen LogP) is 4.69. The monoisotopic (exact) mass is 293 g/mol. The maximum atomic E-state index is 13.1. The van der Waals surface area contributed by atoms with Gasteiger partial charge in [-0.2, -0.15) is 0 Å². The van der Waals surface area contributed by atoms with Crippen LogP contribution >= 0.6 is 11.6 Å². The maximum absolute atomic E-state index is 13.1. The zero-order valence-electron chi connectivity index (χ0n) is 11.5. The lowest BCUT2D eigenvalue weighted by Crippen LogP contribution is -2.11. The van der Waals surface area contributed by atoms with Crippen LogP contribution in [-0.4, -0.2) is 6.54 Å². The van der Waals surface area contributed by atoms with Crippen LogP contribution < -0.4 is 10.1 Å². The van der Waals surface area contributed by atoms with Crippen molar-refractivity contribution in [2.24, 2.45) is 0 Å². The minimum atomic E-state index is -0.448. The Labute approximate surface area is 123 Å². The van der Waals surface area contributed by atoms with Crippen molar-refractivity contribution in [3.05, 3.63) is 58.4 Å². The molecule has 1 N–H and O–H groups in total. The molecule has 106 valence electrons. The van der Waals surface area contributed by atoms with Crippen LogP contribution in [-0.2, 0) is 6.54 Å². The van der Waals surface area contributed by atoms with Crippen LogP contribution in [0.3, 0.4) is 0 Å². The Morgan fingerprint density at radius 1 is 1.20 bits per heavy atom. The summed E-state index contributed by atoms with van der Waals surface area (Å²) in [6.07, 6.45) is 0. The summed E-state index contributed by atoms with van der Waals surface area (Å²) in [5.41, 5.74) is 2.16. The van der Waals surface area contributed by atoms with Crippen molar-refractivity contribution in [3.63, 3.8) is 0 Å². The molecular formula is C16H17ClFNO. The number of nitrogens with one attached hydrogen (secondary N) is 1. The SMILES string of the molecule is CCNCc1ccc(C)c(Oc2ccc(F)c(Cl)c2)c1. The molecule has 0 saturated carbocycles. The van der Waals surface area contributed by atoms with Gasteiger partial charge in [-0.15, -0.1) is 0 Å². The molecule has 4 heteroatoms. The molecule has 0 spiro atoms. The summed E-state index contributed by atoms with van der Waals surface area (Å²) in [7, 11) is 0. The molecule has 0 heterocycles. The summed E-state index contributed by atoms with van der Waals surface area (Å²) in [5, 5.41) is 3.32. The molecule has 0 aromatic heterocycles. The molecule has 0 bridgehead atoms. The van der Waals surface area contributed by atoms with Gasteiger partial charge in [-0.1, -0.05) is 30.7 Å². The van der Waals surface area contributed by atoms with Crippen LogP contribution in [0.2, 0.25) is 5.02 Å². The van der Waals surface area contributed by atoms with Gasteiger partial charge in [0.1, 0.15) is 17.3 Å². The Hall–Kier alpha value is -1.58. The van der Waals surface area contributed by atoms with Gasteiger partial charge in [-0.05, 0) is 42.8 Å². The average molecular weight is 294 g/mol. The third-order valence-corrected chi connectivity index (χ3v) is 3.24. The first-order chi connectivity index (χ1) is 9.60. The number of rotatable bonds is 5. The van der Waals surface area contributed by atoms with E-state index in [2.05, 4.69) is 18.3 Å². The van der Waals surface area contributed by atoms with E-state index in [1.165, 1.54) is 12.1 Å². The molecule has 0 aliphatic rings. The highest BCUT2D eigenvalue weighted by Crippen LogP contribution is 2.29. The van der Waals surface area contributed by atoms with E-state index in [1.54, 1.807) is 6.07 Å². The number of aryl methyl sites for hydroxylation is 1. The second-order valence-electron chi connectivity index (χ2n) is 4.56. The summed E-state index contributed by atoms with van der Waals surface area (Å²) in [5.74, 6) is 0.833. The fourth-order valence-electron chi connectivity index (χ4n) is 1.80. The van der Waals surface area contributed by atoms with E-state index in [-0.39, 0.29) is 5.02 Å². The number of hydrogen-bond donors (Lipinski definition) is 1. The normalized spacial score (nSPS) is 10.6. The fraction of sp³-hybridized carbons (Fsp3) is 0.250. The molecule has 2 nitrogen and oxygen atoms in total. The van der Waals surface area contributed by atoms with E-state index >= 15 is 0 Å². The maximum Gasteiger partial charge on any atom is 0.142 e. The first-order valence-electron chi connectivity index (χ1n) is 6.53. The van der Waals surface area contributed by atoms with Crippen LogP contribution in [0.25, 0.3) is 0 Å². The quantitative estimate of drug-likeness (QED) is 0.863. The third kappa shape index (κ3) is 3.71. The number of benzene rings is 2. The van der Waals surface area contributed by atoms with Gasteiger partial charge in [0.25, 0.3) is 0 Å². The molecule has 0 fully saturated rings. The van der Waals surface area contributed by atoms with Crippen molar-refractivity contribution in [1.29, 1.82) is 0 Å². The molecule has 2 aromatic rings. The molecular weight excluding hydrogens is 277 g/mol. The number of hydrogen-bond acceptors (Lipinski definition) is 2. The van der Waals surface area contributed by atoms with Gasteiger partial charge in [0.05, 0.1) is 5.02 Å². The summed E-state index contributed by atoms with van der Waals surface area (Å²) in [6, 6.07) is 10.4. The smallest absolute Gasteiger partial charge is 0.142 e. The van der Waals surface area contributed by atoms with E-state index in [0.29, 0.717) is 5.75 Å². The molecule has 2 aromatic carbocycles. The highest BCUT2D eigenvalue weighted by Gasteiger charge is 2.06. The topological polar surface area (TPSA) is 21.3 Å². The number of halogens is 2. The Bertz CT molecular complexity index is 601. The highest BCUT2D eigenvalue weighted by molar-refractivity contribution is 6.30. The van der Waals surface area contributed by atoms with Gasteiger partial charge in [-0.25, -0.2) is 4.39 Å². The molecule has 0 unspecified atom stereocenters. The van der Waals surface area contributed by atoms with Gasteiger partial charge in [0.15, 0.2) is 0 Å². The van der Waals surface area contributed by atoms with Crippen molar-refractivity contribution in [3.8, 4) is 11.5 Å². The molecule has 0 radical (unpaired) electrons. The molecule has 2 rings (SSSR count). The zero-order valence-corrected chi connectivity index (χ0v) is 12.3. The van der Waals surface area contributed by atoms with Crippen molar-refractivity contribution >= 4 is 11.6 Å². The Balaban J connectivity index is 2.20. The molecule has 0 aliphatic carbocycles. The first-order valence-corrected chi connectivity index (χ1v) is 6.91. The highest BCUT2D eigenvalue weighted by atomic mass is 35.5. The molecule has 0 saturated heterocycles. The van der Waals surface area contributed by atoms with Crippen molar-refractivity contribution < 1.29 is 9.13 Å². The third-order valence-electron chi connectivity index (χ3n) is 2.95. The minimum Gasteiger partial charge on any atom is -0.457 e. The van der Waals surface area contributed by atoms with E-state index in [9.17, 15) is 4.39 Å². The van der Waals surface area contributed by atoms with E-state index in [1.807, 2.05) is 19.1 Å². The largest absolute Gasteiger partial charge is 0.457 e. The summed E-state index contributed by atoms with van der Waals surface area (Å²) < 4.78 is 18.9. The minimum absolute atomic E-state index is 0.0592. The van der Waals surface area contributed by atoms with Crippen molar-refractivity contribution in [1.82, 2.24) is 5.32 Å². The van der Waals surface area contributed by atoms with Gasteiger partial charge in [0.2, 0.25) is 0 Å². The second-order valence-corrected chi connectivity index (χ2v) is 4.97. The Morgan fingerprint density at radius 3 is 2.70 bits per heavy atom. The first kappa shape index (κ1) is 14.8. The number of ether oxygens (including phenoxy) is 1. The Kier molecular flexibility index (Phi) is 4.99. The van der Waals surface area contributed by atoms with E-state index in [0.717, 1.165) is 30.0 Å². The second kappa shape index (κ2) is 6.73. The van der Waals surface area contributed by atoms with Crippen LogP contribution in [0.1, 0.15) is 18.1 Å². The summed E-state index contributed by atoms with van der Waals surface area (Å²) in [6.45, 7) is 5.73. The standard InChI is InChI=1S/C16H17ClFNO/c1-3-19-10-12-5-4-11(2)16(8-12)20-13-6-7-15(18)14(17)9-13/h4-9,19H,3,10H2,1-2H3. The molecule has 0 atom stereocenters. The van der Waals surface area contributed by atoms with Crippen molar-refractivity contribution in [2.45, 2.75) is 20.4 Å². The van der Waals surface area contributed by atoms with E-state index in [4.69, 9.17) is 16.3 Å². The van der Waals surface area contributed by atoms with Crippen LogP contribution in [0.5, 0.6) is 11.5 Å². The predicted molar refractivity (Wildman–Crippen MR) is 80.0 cm³/mol. The lowest BCUT2D eigenvalue weighted by atomic mass is 10.1. The fourth-order valence-corrected chi connectivity index (χ4v) is 1.97. The molecule has 0 amide bonds. The van der Waals surface area contributed by atoms with Crippen LogP contribution in [0.4, 0.5) is 4.39 Å². The van der Waals surface area contributed by atoms with Gasteiger partial charge in [-0.3, -0.25) is 0 Å². The lowest BCUT2D eigenvalue weighted by Gasteiger charge is -2.11. The summed E-state index contributed by atoms with van der Waals surface area (Å²) >= 11 is 5.75. The van der Waals surface area contributed by atoms with Gasteiger partial charge < -0.3 is 10.1 Å². The average Bonchev–Trinajstić information content (AvgIpc) is 2.44. The van der Waals surface area contributed by atoms with E-state index < -0.39 is 5.82 Å². The Morgan fingerprint density at radius 2 is 2.00 bits per heavy atom. The summed E-state index contributed by atoms with van der Waals surface area (Å²) in [4.78, 5) is 0. The zero-order chi connectivity index (χ0) is 14.5. The van der Waals surface area contributed by atoms with Gasteiger partial charge in [0, 0.05) is 12.6 Å². The lowest BCUT2D eigenvalue weighted by molar-refractivity contribution is 0.476. The molecule has 0 aliphatic heterocycles. The molecule has 20 heavy (non-hydrogen) atoms. The van der Waals surface area contributed by atoms with Crippen LogP contribution in [0.15, 0.2) is 36.4 Å². The van der Waals surface area contributed by atoms with Gasteiger partial charge >= 0.3 is 0 Å².